The minimum Gasteiger partial charge on any atom is -0.453 e. The maximum Gasteiger partial charge on any atom is 0.326 e. The van der Waals surface area contributed by atoms with Gasteiger partial charge in [-0.05, 0) is 27.2 Å². The Bertz CT molecular complexity index is 434. The molecule has 1 aliphatic heterocycles. The molecule has 1 rings (SSSR count). The number of Topliss-reactive ketones (excluding diaryl/α,β-unsaturated/α-hetero) is 1. The van der Waals surface area contributed by atoms with Gasteiger partial charge in [-0.3, -0.25) is 19.3 Å². The average molecular weight is 270 g/mol. The molecule has 1 N–H and O–H groups in total. The van der Waals surface area contributed by atoms with E-state index in [4.69, 9.17) is 4.74 Å². The van der Waals surface area contributed by atoms with Gasteiger partial charge in [0.2, 0.25) is 0 Å². The molecule has 1 heterocycles. The topological polar surface area (TPSA) is 92.8 Å². The number of urea groups is 1. The van der Waals surface area contributed by atoms with Crippen molar-refractivity contribution < 1.29 is 23.9 Å². The highest BCUT2D eigenvalue weighted by Gasteiger charge is 2.47. The summed E-state index contributed by atoms with van der Waals surface area (Å²) in [5.74, 6) is -1.55. The highest BCUT2D eigenvalue weighted by molar-refractivity contribution is 6.08. The quantitative estimate of drug-likeness (QED) is 0.570. The third-order valence-corrected chi connectivity index (χ3v) is 3.22. The lowest BCUT2D eigenvalue weighted by atomic mass is 9.99. The molecule has 0 unspecified atom stereocenters. The van der Waals surface area contributed by atoms with Gasteiger partial charge in [0, 0.05) is 0 Å². The Hall–Kier alpha value is -1.92. The SMILES string of the molecule is CC[C@@]1(C)NC(=O)N(CC(=O)O[C@@H](C)C(C)=O)C1=O. The molecule has 0 radical (unpaired) electrons. The first kappa shape index (κ1) is 15.1. The second-order valence-electron chi connectivity index (χ2n) is 4.75. The fourth-order valence-electron chi connectivity index (χ4n) is 1.58. The zero-order chi connectivity index (χ0) is 14.8. The number of rotatable bonds is 5. The maximum atomic E-state index is 12.0. The molecule has 7 nitrogen and oxygen atoms in total. The second-order valence-corrected chi connectivity index (χ2v) is 4.75. The normalized spacial score (nSPS) is 24.1. The molecule has 1 aliphatic rings. The van der Waals surface area contributed by atoms with Crippen LogP contribution in [0.5, 0.6) is 0 Å². The number of nitrogens with one attached hydrogen (secondary N) is 1. The Kier molecular flexibility index (Phi) is 4.28. The number of amides is 3. The van der Waals surface area contributed by atoms with Gasteiger partial charge in [-0.25, -0.2) is 4.79 Å². The largest absolute Gasteiger partial charge is 0.453 e. The first-order valence-electron chi connectivity index (χ1n) is 6.05. The molecule has 19 heavy (non-hydrogen) atoms. The summed E-state index contributed by atoms with van der Waals surface area (Å²) in [6.07, 6.45) is -0.460. The van der Waals surface area contributed by atoms with Crippen molar-refractivity contribution in [3.8, 4) is 0 Å². The van der Waals surface area contributed by atoms with Crippen molar-refractivity contribution in [2.45, 2.75) is 45.8 Å². The van der Waals surface area contributed by atoms with Crippen LogP contribution in [0.4, 0.5) is 4.79 Å². The summed E-state index contributed by atoms with van der Waals surface area (Å²) in [4.78, 5) is 46.9. The fourth-order valence-corrected chi connectivity index (χ4v) is 1.58. The molecule has 1 fully saturated rings. The standard InChI is InChI=1S/C12H18N2O5/c1-5-12(4)10(17)14(11(18)13-12)6-9(16)19-8(3)7(2)15/h8H,5-6H2,1-4H3,(H,13,18)/t8-,12+/m0/s1. The predicted octanol–water partition coefficient (Wildman–Crippen LogP) is 0.228. The molecule has 0 aliphatic carbocycles. The van der Waals surface area contributed by atoms with Crippen LogP contribution in [0.1, 0.15) is 34.1 Å². The Labute approximate surface area is 111 Å². The number of ether oxygens (including phenoxy) is 1. The lowest BCUT2D eigenvalue weighted by Crippen LogP contribution is -2.43. The molecule has 106 valence electrons. The van der Waals surface area contributed by atoms with E-state index < -0.39 is 36.1 Å². The van der Waals surface area contributed by atoms with Gasteiger partial charge in [-0.15, -0.1) is 0 Å². The number of nitrogens with zero attached hydrogens (tertiary/aromatic N) is 1. The van der Waals surface area contributed by atoms with Crippen LogP contribution in [-0.4, -0.2) is 46.8 Å². The molecule has 0 aromatic carbocycles. The first-order chi connectivity index (χ1) is 8.71. The predicted molar refractivity (Wildman–Crippen MR) is 65.2 cm³/mol. The smallest absolute Gasteiger partial charge is 0.326 e. The molecule has 7 heteroatoms. The highest BCUT2D eigenvalue weighted by atomic mass is 16.5. The number of imide groups is 1. The molecule has 0 bridgehead atoms. The van der Waals surface area contributed by atoms with Crippen LogP contribution in [0.25, 0.3) is 0 Å². The number of ketones is 1. The van der Waals surface area contributed by atoms with E-state index in [1.807, 2.05) is 0 Å². The number of hydrogen-bond acceptors (Lipinski definition) is 5. The van der Waals surface area contributed by atoms with E-state index in [0.717, 1.165) is 4.90 Å². The molecule has 2 atom stereocenters. The van der Waals surface area contributed by atoms with E-state index in [9.17, 15) is 19.2 Å². The number of carbonyl (C=O) groups is 4. The zero-order valence-electron chi connectivity index (χ0n) is 11.5. The van der Waals surface area contributed by atoms with Crippen LogP contribution in [-0.2, 0) is 19.1 Å². The van der Waals surface area contributed by atoms with E-state index in [1.54, 1.807) is 13.8 Å². The third-order valence-electron chi connectivity index (χ3n) is 3.22. The van der Waals surface area contributed by atoms with E-state index in [-0.39, 0.29) is 5.78 Å². The van der Waals surface area contributed by atoms with Crippen molar-refractivity contribution in [2.75, 3.05) is 6.54 Å². The van der Waals surface area contributed by atoms with Crippen LogP contribution in [0.15, 0.2) is 0 Å². The van der Waals surface area contributed by atoms with Gasteiger partial charge in [0.25, 0.3) is 5.91 Å². The molecule has 3 amide bonds. The summed E-state index contributed by atoms with van der Waals surface area (Å²) in [6, 6.07) is -0.623. The van der Waals surface area contributed by atoms with Gasteiger partial charge in [-0.2, -0.15) is 0 Å². The fraction of sp³-hybridized carbons (Fsp3) is 0.667. The van der Waals surface area contributed by atoms with E-state index in [0.29, 0.717) is 6.42 Å². The summed E-state index contributed by atoms with van der Waals surface area (Å²) >= 11 is 0. The van der Waals surface area contributed by atoms with Crippen molar-refractivity contribution in [3.63, 3.8) is 0 Å². The molecule has 0 saturated carbocycles. The average Bonchev–Trinajstić information content (AvgIpc) is 2.53. The summed E-state index contributed by atoms with van der Waals surface area (Å²) in [6.45, 7) is 5.59. The molecular weight excluding hydrogens is 252 g/mol. The van der Waals surface area contributed by atoms with Crippen molar-refractivity contribution in [3.05, 3.63) is 0 Å². The number of carbonyl (C=O) groups excluding carboxylic acids is 4. The molecule has 0 aromatic heterocycles. The number of esters is 1. The lowest BCUT2D eigenvalue weighted by molar-refractivity contribution is -0.155. The van der Waals surface area contributed by atoms with Gasteiger partial charge in [0.1, 0.15) is 12.1 Å². The molecular formula is C12H18N2O5. The van der Waals surface area contributed by atoms with Gasteiger partial charge < -0.3 is 10.1 Å². The minimum absolute atomic E-state index is 0.302. The van der Waals surface area contributed by atoms with Crippen molar-refractivity contribution in [1.82, 2.24) is 10.2 Å². The third kappa shape index (κ3) is 3.10. The van der Waals surface area contributed by atoms with Crippen LogP contribution in [0, 0.1) is 0 Å². The van der Waals surface area contributed by atoms with Crippen LogP contribution < -0.4 is 5.32 Å². The Morgan fingerprint density at radius 1 is 1.42 bits per heavy atom. The first-order valence-corrected chi connectivity index (χ1v) is 6.05. The van der Waals surface area contributed by atoms with Crippen LogP contribution in [0.2, 0.25) is 0 Å². The Balaban J connectivity index is 2.68. The monoisotopic (exact) mass is 270 g/mol. The molecule has 0 spiro atoms. The van der Waals surface area contributed by atoms with E-state index in [2.05, 4.69) is 5.32 Å². The summed E-state index contributed by atoms with van der Waals surface area (Å²) in [5.41, 5.74) is -0.983. The second kappa shape index (κ2) is 5.38. The Morgan fingerprint density at radius 2 is 2.00 bits per heavy atom. The molecule has 0 aromatic rings. The van der Waals surface area contributed by atoms with Crippen LogP contribution in [0.3, 0.4) is 0 Å². The van der Waals surface area contributed by atoms with Gasteiger partial charge in [0.15, 0.2) is 11.9 Å². The minimum atomic E-state index is -0.983. The number of hydrogen-bond donors (Lipinski definition) is 1. The van der Waals surface area contributed by atoms with Crippen LogP contribution >= 0.6 is 0 Å². The highest BCUT2D eigenvalue weighted by Crippen LogP contribution is 2.20. The van der Waals surface area contributed by atoms with Crippen molar-refractivity contribution in [2.24, 2.45) is 0 Å². The zero-order valence-corrected chi connectivity index (χ0v) is 11.5. The maximum absolute atomic E-state index is 12.0. The lowest BCUT2D eigenvalue weighted by Gasteiger charge is -2.19. The van der Waals surface area contributed by atoms with E-state index in [1.165, 1.54) is 13.8 Å². The summed E-state index contributed by atoms with van der Waals surface area (Å²) < 4.78 is 4.81. The summed E-state index contributed by atoms with van der Waals surface area (Å²) in [7, 11) is 0. The van der Waals surface area contributed by atoms with Gasteiger partial charge >= 0.3 is 12.0 Å². The molecule has 1 saturated heterocycles. The van der Waals surface area contributed by atoms with E-state index >= 15 is 0 Å². The van der Waals surface area contributed by atoms with Gasteiger partial charge in [0.05, 0.1) is 0 Å². The van der Waals surface area contributed by atoms with Crippen molar-refractivity contribution in [1.29, 1.82) is 0 Å². The Morgan fingerprint density at radius 3 is 2.42 bits per heavy atom. The van der Waals surface area contributed by atoms with Gasteiger partial charge in [-0.1, -0.05) is 6.92 Å². The van der Waals surface area contributed by atoms with Crippen molar-refractivity contribution >= 4 is 23.7 Å². The summed E-state index contributed by atoms with van der Waals surface area (Å²) in [5, 5.41) is 2.52.